The fourth-order valence-corrected chi connectivity index (χ4v) is 1.44. The fourth-order valence-electron chi connectivity index (χ4n) is 1.02. The molecule has 0 amide bonds. The first-order chi connectivity index (χ1) is 7.85. The van der Waals surface area contributed by atoms with Gasteiger partial charge in [-0.3, -0.25) is 4.99 Å². The minimum absolute atomic E-state index is 0.0615. The highest BCUT2D eigenvalue weighted by Crippen LogP contribution is 1.84. The van der Waals surface area contributed by atoms with Crippen LogP contribution in [0, 0.1) is 0 Å². The summed E-state index contributed by atoms with van der Waals surface area (Å²) in [4.78, 5) is 4.03. The molecule has 0 unspecified atom stereocenters. The maximum absolute atomic E-state index is 10.8. The highest BCUT2D eigenvalue weighted by molar-refractivity contribution is 7.90. The van der Waals surface area contributed by atoms with Gasteiger partial charge in [-0.15, -0.1) is 0 Å². The lowest BCUT2D eigenvalue weighted by molar-refractivity contribution is 0.154. The molecule has 0 heterocycles. The summed E-state index contributed by atoms with van der Waals surface area (Å²) in [6.45, 7) is 5.33. The largest absolute Gasteiger partial charge is 0.379 e. The summed E-state index contributed by atoms with van der Waals surface area (Å²) < 4.78 is 26.8. The monoisotopic (exact) mass is 265 g/mol. The van der Waals surface area contributed by atoms with Crippen LogP contribution < -0.4 is 10.6 Å². The average Bonchev–Trinajstić information content (AvgIpc) is 2.19. The van der Waals surface area contributed by atoms with Gasteiger partial charge in [0.25, 0.3) is 0 Å². The second kappa shape index (κ2) is 8.30. The molecule has 0 aliphatic carbocycles. The summed E-state index contributed by atoms with van der Waals surface area (Å²) in [6.07, 6.45) is 1.20. The Balaban J connectivity index is 3.57. The molecule has 0 rings (SSSR count). The van der Waals surface area contributed by atoms with Crippen LogP contribution in [0.4, 0.5) is 0 Å². The first-order valence-corrected chi connectivity index (χ1v) is 7.64. The lowest BCUT2D eigenvalue weighted by Gasteiger charge is -2.14. The second-order valence-corrected chi connectivity index (χ2v) is 6.30. The van der Waals surface area contributed by atoms with Crippen LogP contribution in [-0.2, 0) is 14.6 Å². The van der Waals surface area contributed by atoms with Crippen molar-refractivity contribution in [3.8, 4) is 0 Å². The third-order valence-corrected chi connectivity index (χ3v) is 2.69. The molecule has 0 fully saturated rings. The molecule has 0 spiro atoms. The van der Waals surface area contributed by atoms with Crippen molar-refractivity contribution in [2.75, 3.05) is 38.8 Å². The van der Waals surface area contributed by atoms with E-state index in [2.05, 4.69) is 15.6 Å². The molecule has 17 heavy (non-hydrogen) atoms. The number of nitrogens with one attached hydrogen (secondary N) is 2. The maximum Gasteiger partial charge on any atom is 0.191 e. The summed E-state index contributed by atoms with van der Waals surface area (Å²) in [5.41, 5.74) is 0. The van der Waals surface area contributed by atoms with E-state index in [1.165, 1.54) is 6.26 Å². The van der Waals surface area contributed by atoms with Gasteiger partial charge in [0.05, 0.1) is 19.0 Å². The van der Waals surface area contributed by atoms with E-state index >= 15 is 0 Å². The number of guanidine groups is 1. The van der Waals surface area contributed by atoms with Gasteiger partial charge in [-0.25, -0.2) is 8.42 Å². The Labute approximate surface area is 104 Å². The summed E-state index contributed by atoms with van der Waals surface area (Å²) >= 11 is 0. The number of nitrogens with zero attached hydrogens (tertiary/aromatic N) is 1. The Morgan fingerprint density at radius 1 is 1.35 bits per heavy atom. The van der Waals surface area contributed by atoms with Gasteiger partial charge in [-0.2, -0.15) is 0 Å². The van der Waals surface area contributed by atoms with E-state index in [-0.39, 0.29) is 12.4 Å². The molecular weight excluding hydrogens is 242 g/mol. The molecule has 102 valence electrons. The zero-order chi connectivity index (χ0) is 13.3. The molecule has 0 aromatic rings. The molecule has 0 aromatic heterocycles. The molecule has 0 radical (unpaired) electrons. The molecular formula is C10H23N3O3S. The Bertz CT molecular complexity index is 326. The van der Waals surface area contributed by atoms with Crippen molar-refractivity contribution in [3.63, 3.8) is 0 Å². The lowest BCUT2D eigenvalue weighted by atomic mass is 10.4. The highest BCUT2D eigenvalue weighted by atomic mass is 32.2. The Kier molecular flexibility index (Phi) is 7.90. The van der Waals surface area contributed by atoms with Gasteiger partial charge in [-0.05, 0) is 13.8 Å². The van der Waals surface area contributed by atoms with Crippen LogP contribution in [0.15, 0.2) is 4.99 Å². The van der Waals surface area contributed by atoms with Crippen LogP contribution in [0.1, 0.15) is 13.8 Å². The van der Waals surface area contributed by atoms with E-state index in [9.17, 15) is 8.42 Å². The van der Waals surface area contributed by atoms with Crippen molar-refractivity contribution in [2.45, 2.75) is 19.9 Å². The predicted molar refractivity (Wildman–Crippen MR) is 70.2 cm³/mol. The van der Waals surface area contributed by atoms with Crippen LogP contribution >= 0.6 is 0 Å². The van der Waals surface area contributed by atoms with Crippen LogP contribution in [0.25, 0.3) is 0 Å². The third-order valence-electron chi connectivity index (χ3n) is 1.79. The number of hydrogen-bond acceptors (Lipinski definition) is 4. The standard InChI is InChI=1S/C10H23N3O3S/c1-9(2)13-10(11-3)12-5-6-16-7-8-17(4,14)15/h9H,5-8H2,1-4H3,(H2,11,12,13). The van der Waals surface area contributed by atoms with Gasteiger partial charge in [0.1, 0.15) is 9.84 Å². The van der Waals surface area contributed by atoms with Gasteiger partial charge in [0.15, 0.2) is 5.96 Å². The molecule has 0 atom stereocenters. The average molecular weight is 265 g/mol. The van der Waals surface area contributed by atoms with E-state index in [1.807, 2.05) is 13.8 Å². The van der Waals surface area contributed by atoms with E-state index < -0.39 is 9.84 Å². The van der Waals surface area contributed by atoms with Crippen LogP contribution in [0.5, 0.6) is 0 Å². The third kappa shape index (κ3) is 11.4. The molecule has 0 saturated carbocycles. The Morgan fingerprint density at radius 3 is 2.47 bits per heavy atom. The number of sulfone groups is 1. The second-order valence-electron chi connectivity index (χ2n) is 4.04. The van der Waals surface area contributed by atoms with Gasteiger partial charge >= 0.3 is 0 Å². The summed E-state index contributed by atoms with van der Waals surface area (Å²) in [5, 5.41) is 6.19. The van der Waals surface area contributed by atoms with Gasteiger partial charge in [0.2, 0.25) is 0 Å². The van der Waals surface area contributed by atoms with Crippen molar-refractivity contribution in [3.05, 3.63) is 0 Å². The minimum atomic E-state index is -2.93. The summed E-state index contributed by atoms with van der Waals surface area (Å²) in [5.74, 6) is 0.776. The molecule has 0 aromatic carbocycles. The van der Waals surface area contributed by atoms with E-state index in [4.69, 9.17) is 4.74 Å². The Hall–Kier alpha value is -0.820. The smallest absolute Gasteiger partial charge is 0.191 e. The number of aliphatic imine (C=N–C) groups is 1. The molecule has 0 bridgehead atoms. The molecule has 6 nitrogen and oxygen atoms in total. The van der Waals surface area contributed by atoms with Gasteiger partial charge in [-0.1, -0.05) is 0 Å². The normalized spacial score (nSPS) is 12.9. The Morgan fingerprint density at radius 2 is 2.00 bits per heavy atom. The first kappa shape index (κ1) is 16.2. The quantitative estimate of drug-likeness (QED) is 0.373. The van der Waals surface area contributed by atoms with Crippen molar-refractivity contribution < 1.29 is 13.2 Å². The van der Waals surface area contributed by atoms with E-state index in [0.717, 1.165) is 0 Å². The van der Waals surface area contributed by atoms with Gasteiger partial charge in [0, 0.05) is 25.9 Å². The topological polar surface area (TPSA) is 79.8 Å². The highest BCUT2D eigenvalue weighted by Gasteiger charge is 2.02. The zero-order valence-corrected chi connectivity index (χ0v) is 11.8. The molecule has 0 aliphatic rings. The van der Waals surface area contributed by atoms with Crippen molar-refractivity contribution in [1.82, 2.24) is 10.6 Å². The van der Waals surface area contributed by atoms with Gasteiger partial charge < -0.3 is 15.4 Å². The van der Waals surface area contributed by atoms with Crippen LogP contribution in [0.3, 0.4) is 0 Å². The minimum Gasteiger partial charge on any atom is -0.379 e. The first-order valence-electron chi connectivity index (χ1n) is 5.58. The number of hydrogen-bond donors (Lipinski definition) is 2. The summed E-state index contributed by atoms with van der Waals surface area (Å²) in [7, 11) is -1.23. The SMILES string of the molecule is CN=C(NCCOCCS(C)(=O)=O)NC(C)C. The maximum atomic E-state index is 10.8. The van der Waals surface area contributed by atoms with Crippen LogP contribution in [0.2, 0.25) is 0 Å². The lowest BCUT2D eigenvalue weighted by Crippen LogP contribution is -2.42. The molecule has 2 N–H and O–H groups in total. The molecule has 0 saturated heterocycles. The van der Waals surface area contributed by atoms with E-state index in [1.54, 1.807) is 7.05 Å². The predicted octanol–water partition coefficient (Wildman–Crippen LogP) is -0.379. The molecule has 7 heteroatoms. The van der Waals surface area contributed by atoms with Crippen LogP contribution in [-0.4, -0.2) is 59.2 Å². The van der Waals surface area contributed by atoms with E-state index in [0.29, 0.717) is 25.2 Å². The van der Waals surface area contributed by atoms with Crippen molar-refractivity contribution in [2.24, 2.45) is 4.99 Å². The van der Waals surface area contributed by atoms with Crippen molar-refractivity contribution >= 4 is 15.8 Å². The number of ether oxygens (including phenoxy) is 1. The summed E-state index contributed by atoms with van der Waals surface area (Å²) in [6, 6.07) is 0.312. The fraction of sp³-hybridized carbons (Fsp3) is 0.900. The molecule has 0 aliphatic heterocycles. The number of rotatable bonds is 7. The zero-order valence-electron chi connectivity index (χ0n) is 11.0. The van der Waals surface area contributed by atoms with Crippen molar-refractivity contribution in [1.29, 1.82) is 0 Å².